The molecule has 5 nitrogen and oxygen atoms in total. The molecule has 0 saturated heterocycles. The molecule has 3 aromatic rings. The Labute approximate surface area is 203 Å². The average molecular weight is 478 g/mol. The van der Waals surface area contributed by atoms with Crippen molar-refractivity contribution in [3.8, 4) is 11.1 Å². The monoisotopic (exact) mass is 477 g/mol. The first-order chi connectivity index (χ1) is 16.0. The van der Waals surface area contributed by atoms with Crippen molar-refractivity contribution in [2.24, 2.45) is 5.92 Å². The van der Waals surface area contributed by atoms with E-state index in [4.69, 9.17) is 8.84 Å². The molecule has 34 heavy (non-hydrogen) atoms. The summed E-state index contributed by atoms with van der Waals surface area (Å²) in [4.78, 5) is 16.2. The Kier molecular flexibility index (Phi) is 6.58. The lowest BCUT2D eigenvalue weighted by molar-refractivity contribution is 0.0619. The van der Waals surface area contributed by atoms with Gasteiger partial charge >= 0.3 is 5.97 Å². The fraction of sp³-hybridized carbons (Fsp3) is 0.429. The Balaban J connectivity index is 1.66. The number of rotatable bonds is 6. The molecule has 1 aliphatic rings. The van der Waals surface area contributed by atoms with Gasteiger partial charge in [-0.3, -0.25) is 0 Å². The summed E-state index contributed by atoms with van der Waals surface area (Å²) >= 11 is 0. The van der Waals surface area contributed by atoms with Gasteiger partial charge in [-0.1, -0.05) is 69.3 Å². The topological polar surface area (TPSA) is 72.6 Å². The van der Waals surface area contributed by atoms with Crippen molar-refractivity contribution in [3.05, 3.63) is 77.0 Å². The number of hydrogen-bond acceptors (Lipinski definition) is 4. The first kappa shape index (κ1) is 24.4. The predicted molar refractivity (Wildman–Crippen MR) is 137 cm³/mol. The molecule has 2 unspecified atom stereocenters. The van der Waals surface area contributed by atoms with E-state index in [1.807, 2.05) is 6.07 Å². The van der Waals surface area contributed by atoms with Crippen LogP contribution in [-0.2, 0) is 17.3 Å². The summed E-state index contributed by atoms with van der Waals surface area (Å²) < 4.78 is 12.7. The quantitative estimate of drug-likeness (QED) is 0.380. The minimum atomic E-state index is -2.16. The Morgan fingerprint density at radius 3 is 2.44 bits per heavy atom. The van der Waals surface area contributed by atoms with Crippen molar-refractivity contribution in [2.75, 3.05) is 0 Å². The van der Waals surface area contributed by atoms with E-state index in [-0.39, 0.29) is 22.8 Å². The summed E-state index contributed by atoms with van der Waals surface area (Å²) in [7, 11) is -2.16. The zero-order valence-electron chi connectivity index (χ0n) is 21.0. The molecule has 1 aliphatic carbocycles. The number of carboxylic acid groups (broad SMARTS) is 1. The van der Waals surface area contributed by atoms with E-state index in [0.29, 0.717) is 11.6 Å². The lowest BCUT2D eigenvalue weighted by Crippen LogP contribution is -2.43. The number of hydrogen-bond donors (Lipinski definition) is 1. The van der Waals surface area contributed by atoms with Crippen LogP contribution in [0, 0.1) is 12.8 Å². The van der Waals surface area contributed by atoms with E-state index in [9.17, 15) is 9.90 Å². The van der Waals surface area contributed by atoms with E-state index in [0.717, 1.165) is 19.3 Å². The summed E-state index contributed by atoms with van der Waals surface area (Å²) in [5, 5.41) is 9.53. The van der Waals surface area contributed by atoms with Gasteiger partial charge in [0.25, 0.3) is 0 Å². The minimum Gasteiger partial charge on any atom is -0.475 e. The molecule has 0 saturated carbocycles. The van der Waals surface area contributed by atoms with Gasteiger partial charge in [0, 0.05) is 0 Å². The maximum Gasteiger partial charge on any atom is 0.373 e. The van der Waals surface area contributed by atoms with Crippen LogP contribution in [0.1, 0.15) is 66.6 Å². The van der Waals surface area contributed by atoms with Crippen LogP contribution < -0.4 is 0 Å². The van der Waals surface area contributed by atoms with Crippen LogP contribution in [0.4, 0.5) is 0 Å². The molecule has 0 bridgehead atoms. The number of benzene rings is 2. The SMILES string of the molecule is Cc1nc(C(O[Si](C)(C)C(C)(C)C)C2CCc3cc(-c4ccccc4)ccc3C2)oc1C(=O)O. The molecule has 1 aromatic heterocycles. The van der Waals surface area contributed by atoms with Crippen molar-refractivity contribution in [1.82, 2.24) is 4.98 Å². The van der Waals surface area contributed by atoms with Crippen LogP contribution >= 0.6 is 0 Å². The maximum absolute atomic E-state index is 11.6. The average Bonchev–Trinajstić information content (AvgIpc) is 3.18. The Morgan fingerprint density at radius 1 is 1.12 bits per heavy atom. The van der Waals surface area contributed by atoms with Gasteiger partial charge in [-0.25, -0.2) is 9.78 Å². The largest absolute Gasteiger partial charge is 0.475 e. The second-order valence-corrected chi connectivity index (χ2v) is 15.7. The number of oxazole rings is 1. The second-order valence-electron chi connectivity index (χ2n) is 10.9. The molecule has 0 amide bonds. The number of aryl methyl sites for hydroxylation is 2. The van der Waals surface area contributed by atoms with Gasteiger partial charge in [-0.15, -0.1) is 0 Å². The van der Waals surface area contributed by atoms with E-state index in [2.05, 4.69) is 81.3 Å². The molecule has 180 valence electrons. The molecule has 4 rings (SSSR count). The van der Waals surface area contributed by atoms with Gasteiger partial charge in [-0.2, -0.15) is 0 Å². The number of fused-ring (bicyclic) bond motifs is 1. The van der Waals surface area contributed by atoms with Gasteiger partial charge in [0.15, 0.2) is 8.32 Å². The third-order valence-corrected chi connectivity index (χ3v) is 11.9. The lowest BCUT2D eigenvalue weighted by atomic mass is 9.80. The maximum atomic E-state index is 11.6. The molecule has 0 aliphatic heterocycles. The summed E-state index contributed by atoms with van der Waals surface area (Å²) in [5.74, 6) is -0.620. The van der Waals surface area contributed by atoms with Crippen molar-refractivity contribution in [2.45, 2.75) is 71.2 Å². The van der Waals surface area contributed by atoms with Crippen LogP contribution in [0.25, 0.3) is 11.1 Å². The molecule has 1 N–H and O–H groups in total. The smallest absolute Gasteiger partial charge is 0.373 e. The summed E-state index contributed by atoms with van der Waals surface area (Å²) in [6.45, 7) is 12.7. The van der Waals surface area contributed by atoms with Gasteiger partial charge < -0.3 is 13.9 Å². The van der Waals surface area contributed by atoms with Crippen molar-refractivity contribution in [1.29, 1.82) is 0 Å². The van der Waals surface area contributed by atoms with Crippen LogP contribution in [0.15, 0.2) is 52.9 Å². The Bertz CT molecular complexity index is 1180. The fourth-order valence-corrected chi connectivity index (χ4v) is 5.71. The lowest BCUT2D eigenvalue weighted by Gasteiger charge is -2.41. The number of aromatic carboxylic acids is 1. The highest BCUT2D eigenvalue weighted by Crippen LogP contribution is 2.44. The van der Waals surface area contributed by atoms with Crippen LogP contribution in [0.5, 0.6) is 0 Å². The highest BCUT2D eigenvalue weighted by molar-refractivity contribution is 6.74. The standard InChI is InChI=1S/C28H35NO4Si/c1-18-24(27(30)31)32-26(29-18)25(33-34(5,6)28(2,3)4)23-15-14-21-16-20(12-13-22(21)17-23)19-10-8-7-9-11-19/h7-13,16,23,25H,14-15,17H2,1-6H3,(H,30,31). The van der Waals surface area contributed by atoms with Crippen molar-refractivity contribution < 1.29 is 18.7 Å². The molecule has 0 radical (unpaired) electrons. The second kappa shape index (κ2) is 9.15. The zero-order chi connectivity index (χ0) is 24.7. The van der Waals surface area contributed by atoms with Gasteiger partial charge in [-0.05, 0) is 72.5 Å². The molecule has 2 atom stereocenters. The zero-order valence-corrected chi connectivity index (χ0v) is 22.0. The first-order valence-corrected chi connectivity index (χ1v) is 14.9. The van der Waals surface area contributed by atoms with Gasteiger partial charge in [0.1, 0.15) is 6.10 Å². The highest BCUT2D eigenvalue weighted by atomic mass is 28.4. The molecule has 0 fully saturated rings. The third-order valence-electron chi connectivity index (χ3n) is 7.49. The van der Waals surface area contributed by atoms with Crippen LogP contribution in [-0.4, -0.2) is 24.4 Å². The number of carbonyl (C=O) groups is 1. The van der Waals surface area contributed by atoms with Crippen molar-refractivity contribution in [3.63, 3.8) is 0 Å². The summed E-state index contributed by atoms with van der Waals surface area (Å²) in [5.41, 5.74) is 5.55. The van der Waals surface area contributed by atoms with Crippen molar-refractivity contribution >= 4 is 14.3 Å². The molecular formula is C28H35NO4Si. The number of nitrogens with zero attached hydrogens (tertiary/aromatic N) is 1. The molecule has 6 heteroatoms. The first-order valence-electron chi connectivity index (χ1n) is 12.0. The van der Waals surface area contributed by atoms with E-state index < -0.39 is 14.3 Å². The summed E-state index contributed by atoms with van der Waals surface area (Å²) in [6.07, 6.45) is 2.38. The number of aromatic nitrogens is 1. The Morgan fingerprint density at radius 2 is 1.82 bits per heavy atom. The van der Waals surface area contributed by atoms with Crippen LogP contribution in [0.2, 0.25) is 18.1 Å². The fourth-order valence-electron chi connectivity index (χ4n) is 4.43. The molecule has 1 heterocycles. The highest BCUT2D eigenvalue weighted by Gasteiger charge is 2.43. The van der Waals surface area contributed by atoms with E-state index in [1.54, 1.807) is 6.92 Å². The van der Waals surface area contributed by atoms with Crippen LogP contribution in [0.3, 0.4) is 0 Å². The van der Waals surface area contributed by atoms with E-state index >= 15 is 0 Å². The minimum absolute atomic E-state index is 0.0136. The summed E-state index contributed by atoms with van der Waals surface area (Å²) in [6, 6.07) is 17.2. The molecular weight excluding hydrogens is 442 g/mol. The normalized spacial score (nSPS) is 17.3. The van der Waals surface area contributed by atoms with E-state index in [1.165, 1.54) is 22.3 Å². The molecule has 2 aromatic carbocycles. The molecule has 0 spiro atoms. The third kappa shape index (κ3) is 4.89. The van der Waals surface area contributed by atoms with Gasteiger partial charge in [0.05, 0.1) is 5.69 Å². The predicted octanol–water partition coefficient (Wildman–Crippen LogP) is 7.22. The number of carboxylic acids is 1. The van der Waals surface area contributed by atoms with Gasteiger partial charge in [0.2, 0.25) is 11.7 Å². The Hall–Kier alpha value is -2.70.